The third-order valence-corrected chi connectivity index (χ3v) is 4.37. The minimum absolute atomic E-state index is 0.560. The Morgan fingerprint density at radius 1 is 1.47 bits per heavy atom. The molecule has 1 heterocycles. The van der Waals surface area contributed by atoms with E-state index in [1.807, 2.05) is 11.3 Å². The molecule has 1 aromatic heterocycles. The van der Waals surface area contributed by atoms with Gasteiger partial charge in [-0.3, -0.25) is 0 Å². The van der Waals surface area contributed by atoms with Gasteiger partial charge in [-0.15, -0.1) is 11.3 Å². The van der Waals surface area contributed by atoms with Crippen LogP contribution in [0.2, 0.25) is 0 Å². The Morgan fingerprint density at radius 2 is 2.27 bits per heavy atom. The lowest BCUT2D eigenvalue weighted by Crippen LogP contribution is -2.25. The number of hydrogen-bond donors (Lipinski definition) is 1. The van der Waals surface area contributed by atoms with Crippen LogP contribution in [0.15, 0.2) is 5.38 Å². The van der Waals surface area contributed by atoms with E-state index in [4.69, 9.17) is 0 Å². The molecule has 0 radical (unpaired) electrons. The SMILES string of the molecule is Cc1csc([C@H](NCC2CC2)C2CC2)n1. The molecule has 0 aromatic carbocycles. The van der Waals surface area contributed by atoms with E-state index in [9.17, 15) is 0 Å². The summed E-state index contributed by atoms with van der Waals surface area (Å²) in [6.07, 6.45) is 5.64. The predicted octanol–water partition coefficient (Wildman–Crippen LogP) is 2.90. The Bertz CT molecular complexity index is 339. The highest BCUT2D eigenvalue weighted by Gasteiger charge is 2.35. The number of rotatable bonds is 5. The molecule has 2 saturated carbocycles. The Labute approximate surface area is 95.1 Å². The molecule has 1 atom stereocenters. The van der Waals surface area contributed by atoms with Crippen molar-refractivity contribution < 1.29 is 0 Å². The fourth-order valence-corrected chi connectivity index (χ4v) is 2.98. The Balaban J connectivity index is 1.66. The maximum absolute atomic E-state index is 4.63. The van der Waals surface area contributed by atoms with Gasteiger partial charge in [0.05, 0.1) is 6.04 Å². The molecule has 3 heteroatoms. The van der Waals surface area contributed by atoms with Gasteiger partial charge in [0.15, 0.2) is 0 Å². The largest absolute Gasteiger partial charge is 0.307 e. The smallest absolute Gasteiger partial charge is 0.110 e. The minimum atomic E-state index is 0.560. The first-order valence-corrected chi connectivity index (χ1v) is 6.86. The molecule has 82 valence electrons. The number of hydrogen-bond acceptors (Lipinski definition) is 3. The second-order valence-electron chi connectivity index (χ2n) is 4.99. The van der Waals surface area contributed by atoms with Crippen molar-refractivity contribution in [1.29, 1.82) is 0 Å². The number of aromatic nitrogens is 1. The van der Waals surface area contributed by atoms with Gasteiger partial charge in [0.2, 0.25) is 0 Å². The summed E-state index contributed by atoms with van der Waals surface area (Å²) in [6, 6.07) is 0.560. The van der Waals surface area contributed by atoms with Gasteiger partial charge in [0, 0.05) is 11.1 Å². The van der Waals surface area contributed by atoms with Crippen molar-refractivity contribution >= 4 is 11.3 Å². The highest BCUT2D eigenvalue weighted by molar-refractivity contribution is 7.09. The molecule has 1 aromatic rings. The first-order chi connectivity index (χ1) is 7.33. The molecule has 0 bridgehead atoms. The van der Waals surface area contributed by atoms with E-state index in [0.717, 1.165) is 11.8 Å². The van der Waals surface area contributed by atoms with Crippen molar-refractivity contribution in [3.05, 3.63) is 16.1 Å². The average molecular weight is 222 g/mol. The molecule has 2 aliphatic rings. The van der Waals surface area contributed by atoms with Crippen LogP contribution in [0.3, 0.4) is 0 Å². The predicted molar refractivity (Wildman–Crippen MR) is 63.0 cm³/mol. The normalized spacial score (nSPS) is 23.0. The zero-order chi connectivity index (χ0) is 10.3. The maximum Gasteiger partial charge on any atom is 0.110 e. The van der Waals surface area contributed by atoms with E-state index in [1.54, 1.807) is 0 Å². The van der Waals surface area contributed by atoms with Crippen LogP contribution in [0.1, 0.15) is 42.4 Å². The van der Waals surface area contributed by atoms with Gasteiger partial charge in [-0.05, 0) is 51.0 Å². The van der Waals surface area contributed by atoms with E-state index in [0.29, 0.717) is 6.04 Å². The van der Waals surface area contributed by atoms with Gasteiger partial charge in [-0.25, -0.2) is 4.98 Å². The van der Waals surface area contributed by atoms with Crippen LogP contribution < -0.4 is 5.32 Å². The average Bonchev–Trinajstić information content (AvgIpc) is 3.09. The number of aryl methyl sites for hydroxylation is 1. The first kappa shape index (κ1) is 9.79. The summed E-state index contributed by atoms with van der Waals surface area (Å²) >= 11 is 1.82. The van der Waals surface area contributed by atoms with Gasteiger partial charge in [0.25, 0.3) is 0 Å². The quantitative estimate of drug-likeness (QED) is 0.828. The lowest BCUT2D eigenvalue weighted by molar-refractivity contribution is 0.466. The van der Waals surface area contributed by atoms with Crippen molar-refractivity contribution in [1.82, 2.24) is 10.3 Å². The van der Waals surface area contributed by atoms with E-state index in [-0.39, 0.29) is 0 Å². The number of thiazole rings is 1. The highest BCUT2D eigenvalue weighted by Crippen LogP contribution is 2.42. The molecule has 0 amide bonds. The van der Waals surface area contributed by atoms with Gasteiger partial charge in [0.1, 0.15) is 5.01 Å². The lowest BCUT2D eigenvalue weighted by Gasteiger charge is -2.15. The minimum Gasteiger partial charge on any atom is -0.307 e. The van der Waals surface area contributed by atoms with Crippen LogP contribution in [-0.4, -0.2) is 11.5 Å². The van der Waals surface area contributed by atoms with Crippen LogP contribution in [0.5, 0.6) is 0 Å². The van der Waals surface area contributed by atoms with Gasteiger partial charge in [-0.2, -0.15) is 0 Å². The molecule has 0 aliphatic heterocycles. The molecule has 15 heavy (non-hydrogen) atoms. The zero-order valence-corrected chi connectivity index (χ0v) is 10.0. The molecule has 0 spiro atoms. The summed E-state index contributed by atoms with van der Waals surface area (Å²) in [4.78, 5) is 4.63. The maximum atomic E-state index is 4.63. The van der Waals surface area contributed by atoms with Gasteiger partial charge in [-0.1, -0.05) is 0 Å². The van der Waals surface area contributed by atoms with Crippen molar-refractivity contribution in [3.63, 3.8) is 0 Å². The summed E-state index contributed by atoms with van der Waals surface area (Å²) in [5.41, 5.74) is 1.17. The van der Waals surface area contributed by atoms with Crippen LogP contribution in [0, 0.1) is 18.8 Å². The molecular weight excluding hydrogens is 204 g/mol. The Kier molecular flexibility index (Phi) is 2.53. The molecule has 2 nitrogen and oxygen atoms in total. The van der Waals surface area contributed by atoms with E-state index < -0.39 is 0 Å². The zero-order valence-electron chi connectivity index (χ0n) is 9.20. The van der Waals surface area contributed by atoms with Crippen molar-refractivity contribution in [2.24, 2.45) is 11.8 Å². The van der Waals surface area contributed by atoms with E-state index >= 15 is 0 Å². The molecule has 1 N–H and O–H groups in total. The fraction of sp³-hybridized carbons (Fsp3) is 0.750. The highest BCUT2D eigenvalue weighted by atomic mass is 32.1. The molecule has 2 aliphatic carbocycles. The van der Waals surface area contributed by atoms with E-state index in [1.165, 1.54) is 42.9 Å². The van der Waals surface area contributed by atoms with Crippen LogP contribution >= 0.6 is 11.3 Å². The first-order valence-electron chi connectivity index (χ1n) is 5.98. The van der Waals surface area contributed by atoms with Crippen molar-refractivity contribution in [3.8, 4) is 0 Å². The molecule has 0 unspecified atom stereocenters. The number of nitrogens with zero attached hydrogens (tertiary/aromatic N) is 1. The molecule has 2 fully saturated rings. The van der Waals surface area contributed by atoms with Crippen molar-refractivity contribution in [2.45, 2.75) is 38.6 Å². The summed E-state index contributed by atoms with van der Waals surface area (Å²) in [6.45, 7) is 3.30. The third-order valence-electron chi connectivity index (χ3n) is 3.32. The summed E-state index contributed by atoms with van der Waals surface area (Å²) in [5, 5.41) is 7.21. The second kappa shape index (κ2) is 3.87. The Hall–Kier alpha value is -0.410. The monoisotopic (exact) mass is 222 g/mol. The summed E-state index contributed by atoms with van der Waals surface area (Å²) in [7, 11) is 0. The van der Waals surface area contributed by atoms with Crippen LogP contribution in [0.4, 0.5) is 0 Å². The Morgan fingerprint density at radius 3 is 2.80 bits per heavy atom. The molecule has 3 rings (SSSR count). The standard InChI is InChI=1S/C12H18N2S/c1-8-7-15-12(14-8)11(10-4-5-10)13-6-9-2-3-9/h7,9-11,13H,2-6H2,1H3/t11-/m1/s1. The summed E-state index contributed by atoms with van der Waals surface area (Å²) < 4.78 is 0. The topological polar surface area (TPSA) is 24.9 Å². The second-order valence-corrected chi connectivity index (χ2v) is 5.88. The van der Waals surface area contributed by atoms with Crippen LogP contribution in [0.25, 0.3) is 0 Å². The van der Waals surface area contributed by atoms with Gasteiger partial charge >= 0.3 is 0 Å². The number of nitrogens with one attached hydrogen (secondary N) is 1. The van der Waals surface area contributed by atoms with E-state index in [2.05, 4.69) is 22.6 Å². The summed E-state index contributed by atoms with van der Waals surface area (Å²) in [5.74, 6) is 1.83. The van der Waals surface area contributed by atoms with Gasteiger partial charge < -0.3 is 5.32 Å². The fourth-order valence-electron chi connectivity index (χ4n) is 2.02. The molecular formula is C12H18N2S. The van der Waals surface area contributed by atoms with Crippen LogP contribution in [-0.2, 0) is 0 Å². The lowest BCUT2D eigenvalue weighted by atomic mass is 10.2. The van der Waals surface area contributed by atoms with Crippen molar-refractivity contribution in [2.75, 3.05) is 6.54 Å². The molecule has 0 saturated heterocycles. The third kappa shape index (κ3) is 2.40.